The lowest BCUT2D eigenvalue weighted by Crippen LogP contribution is -2.16. The van der Waals surface area contributed by atoms with E-state index in [1.165, 1.54) is 32.3 Å². The molecule has 0 aliphatic rings. The minimum Gasteiger partial charge on any atom is -0.386 e. The van der Waals surface area contributed by atoms with Gasteiger partial charge in [-0.05, 0) is 67.9 Å². The van der Waals surface area contributed by atoms with E-state index in [1.54, 1.807) is 31.7 Å². The number of hydrogen-bond acceptors (Lipinski definition) is 8. The lowest BCUT2D eigenvalue weighted by Gasteiger charge is -2.18. The van der Waals surface area contributed by atoms with Gasteiger partial charge in [0.1, 0.15) is 35.5 Å². The number of pyridine rings is 1. The van der Waals surface area contributed by atoms with E-state index in [0.717, 1.165) is 23.2 Å². The molecule has 0 atom stereocenters. The summed E-state index contributed by atoms with van der Waals surface area (Å²) >= 11 is 0. The molecule has 0 fully saturated rings. The first-order valence-corrected chi connectivity index (χ1v) is 12.4. The highest BCUT2D eigenvalue weighted by molar-refractivity contribution is 5.91. The van der Waals surface area contributed by atoms with Crippen molar-refractivity contribution in [3.63, 3.8) is 0 Å². The van der Waals surface area contributed by atoms with Gasteiger partial charge in [-0.2, -0.15) is 18.4 Å². The highest BCUT2D eigenvalue weighted by Gasteiger charge is 2.33. The minimum absolute atomic E-state index is 0.0850. The summed E-state index contributed by atoms with van der Waals surface area (Å²) in [5.74, 6) is 0.287. The lowest BCUT2D eigenvalue weighted by atomic mass is 9.84. The quantitative estimate of drug-likeness (QED) is 0.151. The maximum absolute atomic E-state index is 13.7. The molecule has 0 aliphatic heterocycles. The number of nitriles is 1. The molecule has 2 aromatic carbocycles. The van der Waals surface area contributed by atoms with Crippen LogP contribution in [0.5, 0.6) is 0 Å². The van der Waals surface area contributed by atoms with Crippen LogP contribution in [-0.4, -0.2) is 38.3 Å². The Balaban J connectivity index is 0.000000209. The van der Waals surface area contributed by atoms with E-state index in [1.807, 2.05) is 18.2 Å². The summed E-state index contributed by atoms with van der Waals surface area (Å²) in [5, 5.41) is 14.9. The number of aromatic nitrogens is 5. The third kappa shape index (κ3) is 6.49. The third-order valence-corrected chi connectivity index (χ3v) is 6.20. The molecule has 0 amide bonds. The van der Waals surface area contributed by atoms with Crippen LogP contribution in [0.1, 0.15) is 35.3 Å². The van der Waals surface area contributed by atoms with Crippen LogP contribution in [-0.2, 0) is 11.6 Å². The largest absolute Gasteiger partial charge is 0.416 e. The summed E-state index contributed by atoms with van der Waals surface area (Å²) in [4.78, 5) is 30.7. The third-order valence-electron chi connectivity index (χ3n) is 6.20. The number of rotatable bonds is 6. The van der Waals surface area contributed by atoms with E-state index < -0.39 is 17.2 Å². The van der Waals surface area contributed by atoms with E-state index in [-0.39, 0.29) is 16.9 Å². The normalized spacial score (nSPS) is 11.3. The van der Waals surface area contributed by atoms with Crippen molar-refractivity contribution in [3.8, 4) is 17.3 Å². The van der Waals surface area contributed by atoms with Crippen molar-refractivity contribution in [1.29, 1.82) is 5.26 Å². The second-order valence-electron chi connectivity index (χ2n) is 9.49. The number of alkyl halides is 3. The van der Waals surface area contributed by atoms with Gasteiger partial charge in [0.05, 0.1) is 29.1 Å². The molecular weight excluding hydrogens is 552 g/mol. The van der Waals surface area contributed by atoms with E-state index in [9.17, 15) is 22.4 Å². The fraction of sp³-hybridized carbons (Fsp3) is 0.172. The Hall–Kier alpha value is -5.38. The molecule has 3 N–H and O–H groups in total. The molecule has 5 rings (SSSR count). The molecule has 0 saturated carbocycles. The molecule has 214 valence electrons. The van der Waals surface area contributed by atoms with Crippen molar-refractivity contribution in [2.45, 2.75) is 25.4 Å². The topological polar surface area (TPSA) is 132 Å². The number of carbonyl (C=O) groups is 1. The Morgan fingerprint density at radius 1 is 1.00 bits per heavy atom. The van der Waals surface area contributed by atoms with Gasteiger partial charge in [-0.15, -0.1) is 0 Å². The van der Waals surface area contributed by atoms with Crippen molar-refractivity contribution in [3.05, 3.63) is 89.9 Å². The van der Waals surface area contributed by atoms with Crippen LogP contribution < -0.4 is 10.6 Å². The predicted octanol–water partition coefficient (Wildman–Crippen LogP) is 6.66. The molecule has 9 nitrogen and oxygen atoms in total. The van der Waals surface area contributed by atoms with Crippen LogP contribution in [0.15, 0.2) is 67.4 Å². The maximum Gasteiger partial charge on any atom is 0.416 e. The number of H-pyrrole nitrogens is 1. The van der Waals surface area contributed by atoms with Gasteiger partial charge in [-0.25, -0.2) is 24.3 Å². The van der Waals surface area contributed by atoms with Crippen LogP contribution >= 0.6 is 0 Å². The molecule has 0 bridgehead atoms. The molecule has 0 radical (unpaired) electrons. The van der Waals surface area contributed by atoms with Crippen molar-refractivity contribution < 1.29 is 22.4 Å². The first-order chi connectivity index (χ1) is 20.0. The van der Waals surface area contributed by atoms with E-state index in [2.05, 4.69) is 35.6 Å². The number of imidazole rings is 1. The lowest BCUT2D eigenvalue weighted by molar-refractivity contribution is -0.137. The van der Waals surface area contributed by atoms with Crippen molar-refractivity contribution >= 4 is 34.6 Å². The molecular formula is C29H24F4N8O. The summed E-state index contributed by atoms with van der Waals surface area (Å²) < 4.78 is 51.4. The fourth-order valence-electron chi connectivity index (χ4n) is 3.91. The number of halogens is 4. The number of benzene rings is 2. The number of carbonyl (C=O) groups excluding carboxylic acids is 1. The Morgan fingerprint density at radius 2 is 1.76 bits per heavy atom. The van der Waals surface area contributed by atoms with E-state index in [4.69, 9.17) is 5.26 Å². The van der Waals surface area contributed by atoms with Crippen molar-refractivity contribution in [2.24, 2.45) is 0 Å². The standard InChI is InChI=1S/C17H14FN7.C12H10F3NO/c1-19-13-7-10(4-5-12(13)18)25-16-11(3-2-6-20-16)14-15-17(23-8-21-14)24-9-22-15;1-11(2,7-16)9-3-8(6-17)4-10(5-9)12(13,14)15/h2-9,19H,1H3,(H,20,25)(H,21,22,23,24);3-6H,1-2H3. The first-order valence-electron chi connectivity index (χ1n) is 12.4. The fourth-order valence-corrected chi connectivity index (χ4v) is 3.91. The van der Waals surface area contributed by atoms with Crippen LogP contribution in [0.25, 0.3) is 22.4 Å². The van der Waals surface area contributed by atoms with Gasteiger partial charge in [0.25, 0.3) is 0 Å². The van der Waals surface area contributed by atoms with E-state index in [0.29, 0.717) is 34.8 Å². The molecule has 0 saturated heterocycles. The molecule has 42 heavy (non-hydrogen) atoms. The molecule has 5 aromatic rings. The molecule has 0 spiro atoms. The number of nitrogens with one attached hydrogen (secondary N) is 3. The summed E-state index contributed by atoms with van der Waals surface area (Å²) in [7, 11) is 1.67. The van der Waals surface area contributed by atoms with Gasteiger partial charge in [0, 0.05) is 30.1 Å². The summed E-state index contributed by atoms with van der Waals surface area (Å²) in [5.41, 5.74) is 2.01. The zero-order chi connectivity index (χ0) is 30.5. The number of aromatic amines is 1. The van der Waals surface area contributed by atoms with Crippen LogP contribution in [0, 0.1) is 17.1 Å². The number of nitrogens with zero attached hydrogens (tertiary/aromatic N) is 5. The summed E-state index contributed by atoms with van der Waals surface area (Å²) in [6.45, 7) is 2.99. The number of fused-ring (bicyclic) bond motifs is 1. The Bertz CT molecular complexity index is 1780. The zero-order valence-corrected chi connectivity index (χ0v) is 22.6. The van der Waals surface area contributed by atoms with Gasteiger partial charge in [0.15, 0.2) is 5.65 Å². The molecule has 0 aliphatic carbocycles. The van der Waals surface area contributed by atoms with Crippen molar-refractivity contribution in [2.75, 3.05) is 17.7 Å². The average Bonchev–Trinajstić information content (AvgIpc) is 3.47. The second-order valence-corrected chi connectivity index (χ2v) is 9.49. The van der Waals surface area contributed by atoms with Gasteiger partial charge in [-0.1, -0.05) is 0 Å². The van der Waals surface area contributed by atoms with Gasteiger partial charge >= 0.3 is 6.18 Å². The number of aldehydes is 1. The van der Waals surface area contributed by atoms with E-state index >= 15 is 0 Å². The Kier molecular flexibility index (Phi) is 8.46. The minimum atomic E-state index is -4.53. The molecule has 13 heteroatoms. The Morgan fingerprint density at radius 3 is 2.45 bits per heavy atom. The van der Waals surface area contributed by atoms with Gasteiger partial charge in [-0.3, -0.25) is 4.79 Å². The van der Waals surface area contributed by atoms with Gasteiger partial charge < -0.3 is 15.6 Å². The van der Waals surface area contributed by atoms with Crippen LogP contribution in [0.2, 0.25) is 0 Å². The Labute approximate surface area is 237 Å². The molecule has 0 unspecified atom stereocenters. The van der Waals surface area contributed by atoms with Crippen LogP contribution in [0.3, 0.4) is 0 Å². The highest BCUT2D eigenvalue weighted by atomic mass is 19.4. The first kappa shape index (κ1) is 29.6. The SMILES string of the molecule is CC(C)(C#N)c1cc(C=O)cc(C(F)(F)F)c1.CNc1cc(Nc2ncccc2-c2ncnc3nc[nH]c23)ccc1F. The summed E-state index contributed by atoms with van der Waals surface area (Å²) in [6, 6.07) is 13.3. The zero-order valence-electron chi connectivity index (χ0n) is 22.6. The van der Waals surface area contributed by atoms with Crippen LogP contribution in [0.4, 0.5) is 34.8 Å². The van der Waals surface area contributed by atoms with Gasteiger partial charge in [0.2, 0.25) is 0 Å². The maximum atomic E-state index is 13.7. The monoisotopic (exact) mass is 576 g/mol. The van der Waals surface area contributed by atoms with Crippen molar-refractivity contribution in [1.82, 2.24) is 24.9 Å². The highest BCUT2D eigenvalue weighted by Crippen LogP contribution is 2.34. The molecule has 3 heterocycles. The number of anilines is 3. The second kappa shape index (κ2) is 12.0. The average molecular weight is 577 g/mol. The predicted molar refractivity (Wildman–Crippen MR) is 150 cm³/mol. The number of hydrogen-bond donors (Lipinski definition) is 3. The smallest absolute Gasteiger partial charge is 0.386 e. The summed E-state index contributed by atoms with van der Waals surface area (Å²) in [6.07, 6.45) is 0.531. The molecule has 3 aromatic heterocycles.